The summed E-state index contributed by atoms with van der Waals surface area (Å²) in [5, 5.41) is 14.8. The highest BCUT2D eigenvalue weighted by Gasteiger charge is 2.43. The van der Waals surface area contributed by atoms with Crippen molar-refractivity contribution >= 4 is 11.4 Å². The smallest absolute Gasteiger partial charge is 0.292 e. The number of rotatable bonds is 4. The average Bonchev–Trinajstić information content (AvgIpc) is 2.86. The molecule has 3 aliphatic rings. The number of nitro benzene ring substituents is 1. The molecule has 1 aromatic carbocycles. The first-order valence-electron chi connectivity index (χ1n) is 10.2. The number of piperidine rings is 1. The molecule has 0 saturated carbocycles. The molecule has 4 rings (SSSR count). The molecular formula is C21H29N3O2. The Morgan fingerprint density at radius 1 is 1.04 bits per heavy atom. The van der Waals surface area contributed by atoms with Gasteiger partial charge in [-0.1, -0.05) is 37.1 Å². The van der Waals surface area contributed by atoms with Crippen molar-refractivity contribution in [2.75, 3.05) is 5.32 Å². The van der Waals surface area contributed by atoms with Crippen molar-refractivity contribution in [2.45, 2.75) is 82.0 Å². The Morgan fingerprint density at radius 2 is 1.81 bits per heavy atom. The first-order chi connectivity index (χ1) is 12.7. The van der Waals surface area contributed by atoms with Crippen molar-refractivity contribution in [2.24, 2.45) is 0 Å². The van der Waals surface area contributed by atoms with Crippen LogP contribution in [0.4, 0.5) is 11.4 Å². The summed E-state index contributed by atoms with van der Waals surface area (Å²) in [4.78, 5) is 13.8. The van der Waals surface area contributed by atoms with Crippen LogP contribution in [0.15, 0.2) is 36.4 Å². The van der Waals surface area contributed by atoms with E-state index in [1.54, 1.807) is 12.1 Å². The highest BCUT2D eigenvalue weighted by molar-refractivity contribution is 5.61. The molecule has 4 atom stereocenters. The van der Waals surface area contributed by atoms with Crippen LogP contribution in [0.3, 0.4) is 0 Å². The molecule has 0 amide bonds. The van der Waals surface area contributed by atoms with Gasteiger partial charge in [0, 0.05) is 30.2 Å². The lowest BCUT2D eigenvalue weighted by molar-refractivity contribution is -0.384. The number of fused-ring (bicyclic) bond motifs is 2. The van der Waals surface area contributed by atoms with E-state index in [9.17, 15) is 10.1 Å². The van der Waals surface area contributed by atoms with Gasteiger partial charge in [-0.3, -0.25) is 15.0 Å². The van der Waals surface area contributed by atoms with Crippen LogP contribution >= 0.6 is 0 Å². The van der Waals surface area contributed by atoms with Gasteiger partial charge in [0.15, 0.2) is 0 Å². The van der Waals surface area contributed by atoms with E-state index in [0.29, 0.717) is 29.9 Å². The number of hydrogen-bond acceptors (Lipinski definition) is 4. The zero-order valence-corrected chi connectivity index (χ0v) is 15.3. The second kappa shape index (κ2) is 7.78. The zero-order valence-electron chi connectivity index (χ0n) is 15.3. The maximum absolute atomic E-state index is 11.3. The molecule has 1 unspecified atom stereocenters. The summed E-state index contributed by atoms with van der Waals surface area (Å²) in [6.07, 6.45) is 16.1. The second-order valence-corrected chi connectivity index (χ2v) is 8.05. The molecule has 26 heavy (non-hydrogen) atoms. The fourth-order valence-corrected chi connectivity index (χ4v) is 5.24. The van der Waals surface area contributed by atoms with Crippen LogP contribution in [-0.2, 0) is 0 Å². The van der Waals surface area contributed by atoms with Gasteiger partial charge in [0.05, 0.1) is 4.92 Å². The summed E-state index contributed by atoms with van der Waals surface area (Å²) in [5.41, 5.74) is 0.853. The highest BCUT2D eigenvalue weighted by Crippen LogP contribution is 2.40. The van der Waals surface area contributed by atoms with Crippen molar-refractivity contribution in [1.82, 2.24) is 4.90 Å². The SMILES string of the molecule is O=[N+]([O-])c1ccccc1N[C@H]1C[C@H]2CC[C@@H](C1)N2C1/C=C\CCCCC1. The lowest BCUT2D eigenvalue weighted by Crippen LogP contribution is -2.51. The molecule has 0 spiro atoms. The lowest BCUT2D eigenvalue weighted by Gasteiger charge is -2.43. The fourth-order valence-electron chi connectivity index (χ4n) is 5.24. The van der Waals surface area contributed by atoms with Crippen LogP contribution in [0.25, 0.3) is 0 Å². The minimum absolute atomic E-state index is 0.185. The molecule has 2 heterocycles. The van der Waals surface area contributed by atoms with Crippen molar-refractivity contribution < 1.29 is 4.92 Å². The summed E-state index contributed by atoms with van der Waals surface area (Å²) in [6.45, 7) is 0. The molecule has 2 aliphatic heterocycles. The summed E-state index contributed by atoms with van der Waals surface area (Å²) in [6, 6.07) is 9.19. The van der Waals surface area contributed by atoms with Gasteiger partial charge in [-0.25, -0.2) is 0 Å². The minimum atomic E-state index is -0.286. The summed E-state index contributed by atoms with van der Waals surface area (Å²) in [7, 11) is 0. The molecule has 2 saturated heterocycles. The van der Waals surface area contributed by atoms with Crippen molar-refractivity contribution in [3.8, 4) is 0 Å². The van der Waals surface area contributed by atoms with Gasteiger partial charge in [-0.2, -0.15) is 0 Å². The summed E-state index contributed by atoms with van der Waals surface area (Å²) in [5.74, 6) is 0. The van der Waals surface area contributed by atoms with E-state index in [0.717, 1.165) is 12.8 Å². The van der Waals surface area contributed by atoms with E-state index in [-0.39, 0.29) is 10.6 Å². The fraction of sp³-hybridized carbons (Fsp3) is 0.619. The van der Waals surface area contributed by atoms with Gasteiger partial charge < -0.3 is 5.32 Å². The molecule has 1 aromatic rings. The van der Waals surface area contributed by atoms with E-state index in [4.69, 9.17) is 0 Å². The molecule has 2 bridgehead atoms. The number of para-hydroxylation sites is 2. The molecule has 5 nitrogen and oxygen atoms in total. The largest absolute Gasteiger partial charge is 0.377 e. The Morgan fingerprint density at radius 3 is 2.58 bits per heavy atom. The molecule has 2 fully saturated rings. The number of nitro groups is 1. The quantitative estimate of drug-likeness (QED) is 0.474. The van der Waals surface area contributed by atoms with Crippen LogP contribution in [0, 0.1) is 10.1 Å². The molecule has 5 heteroatoms. The van der Waals surface area contributed by atoms with E-state index in [2.05, 4.69) is 22.4 Å². The van der Waals surface area contributed by atoms with Gasteiger partial charge >= 0.3 is 0 Å². The number of hydrogen-bond donors (Lipinski definition) is 1. The third-order valence-corrected chi connectivity index (χ3v) is 6.36. The van der Waals surface area contributed by atoms with Gasteiger partial charge in [0.1, 0.15) is 5.69 Å². The number of nitrogens with zero attached hydrogens (tertiary/aromatic N) is 2. The molecule has 1 N–H and O–H groups in total. The predicted octanol–water partition coefficient (Wildman–Crippen LogP) is 4.89. The van der Waals surface area contributed by atoms with E-state index >= 15 is 0 Å². The van der Waals surface area contributed by atoms with Crippen LogP contribution in [0.2, 0.25) is 0 Å². The van der Waals surface area contributed by atoms with E-state index < -0.39 is 0 Å². The van der Waals surface area contributed by atoms with Crippen LogP contribution in [0.5, 0.6) is 0 Å². The zero-order chi connectivity index (χ0) is 17.9. The average molecular weight is 355 g/mol. The molecule has 1 aliphatic carbocycles. The lowest BCUT2D eigenvalue weighted by atomic mass is 9.92. The summed E-state index contributed by atoms with van der Waals surface area (Å²) < 4.78 is 0. The second-order valence-electron chi connectivity index (χ2n) is 8.05. The number of benzene rings is 1. The minimum Gasteiger partial charge on any atom is -0.377 e. The Balaban J connectivity index is 1.45. The predicted molar refractivity (Wildman–Crippen MR) is 104 cm³/mol. The van der Waals surface area contributed by atoms with Gasteiger partial charge in [-0.05, 0) is 51.0 Å². The number of anilines is 1. The highest BCUT2D eigenvalue weighted by atomic mass is 16.6. The Kier molecular flexibility index (Phi) is 5.25. The van der Waals surface area contributed by atoms with E-state index in [1.165, 1.54) is 44.9 Å². The van der Waals surface area contributed by atoms with Crippen molar-refractivity contribution in [3.05, 3.63) is 46.5 Å². The van der Waals surface area contributed by atoms with Gasteiger partial charge in [0.2, 0.25) is 0 Å². The van der Waals surface area contributed by atoms with Crippen molar-refractivity contribution in [3.63, 3.8) is 0 Å². The number of nitrogens with one attached hydrogen (secondary N) is 1. The standard InChI is InChI=1S/C21H29N3O2/c25-24(26)21-11-7-6-10-20(21)22-16-14-18-12-13-19(15-16)23(18)17-8-4-2-1-3-5-9-17/h4,6-8,10-11,16-19,22H,1-3,5,9,12-15H2/b8-4-/t16-,17?,18+,19-. The maximum atomic E-state index is 11.3. The Bertz CT molecular complexity index is 661. The van der Waals surface area contributed by atoms with E-state index in [1.807, 2.05) is 12.1 Å². The Labute approximate surface area is 155 Å². The molecular weight excluding hydrogens is 326 g/mol. The topological polar surface area (TPSA) is 58.4 Å². The first-order valence-corrected chi connectivity index (χ1v) is 10.2. The first kappa shape index (κ1) is 17.5. The normalized spacial score (nSPS) is 33.2. The third-order valence-electron chi connectivity index (χ3n) is 6.36. The molecule has 0 radical (unpaired) electrons. The maximum Gasteiger partial charge on any atom is 0.292 e. The molecule has 140 valence electrons. The van der Waals surface area contributed by atoms with Crippen LogP contribution in [-0.4, -0.2) is 34.0 Å². The summed E-state index contributed by atoms with van der Waals surface area (Å²) >= 11 is 0. The third kappa shape index (κ3) is 3.63. The van der Waals surface area contributed by atoms with Crippen LogP contribution < -0.4 is 5.32 Å². The number of allylic oxidation sites excluding steroid dienone is 1. The monoisotopic (exact) mass is 355 g/mol. The Hall–Kier alpha value is -1.88. The van der Waals surface area contributed by atoms with Gasteiger partial charge in [0.25, 0.3) is 5.69 Å². The van der Waals surface area contributed by atoms with Crippen molar-refractivity contribution in [1.29, 1.82) is 0 Å². The van der Waals surface area contributed by atoms with Crippen LogP contribution in [0.1, 0.15) is 57.8 Å². The molecule has 0 aromatic heterocycles. The van der Waals surface area contributed by atoms with Gasteiger partial charge in [-0.15, -0.1) is 0 Å².